The van der Waals surface area contributed by atoms with Crippen molar-refractivity contribution >= 4 is 34.8 Å². The van der Waals surface area contributed by atoms with Crippen LogP contribution in [0.15, 0.2) is 66.3 Å². The molecule has 0 saturated carbocycles. The van der Waals surface area contributed by atoms with Gasteiger partial charge in [0, 0.05) is 34.8 Å². The van der Waals surface area contributed by atoms with Crippen LogP contribution in [0.4, 0.5) is 5.69 Å². The maximum absolute atomic E-state index is 12.4. The molecule has 9 heteroatoms. The third-order valence-electron chi connectivity index (χ3n) is 3.84. The molecule has 0 aliphatic rings. The summed E-state index contributed by atoms with van der Waals surface area (Å²) in [6.07, 6.45) is 1.72. The van der Waals surface area contributed by atoms with Crippen LogP contribution in [0.5, 0.6) is 0 Å². The minimum atomic E-state index is -0.525. The second kappa shape index (κ2) is 8.81. The van der Waals surface area contributed by atoms with Crippen LogP contribution in [-0.4, -0.2) is 31.2 Å². The van der Waals surface area contributed by atoms with Crippen molar-refractivity contribution in [2.75, 3.05) is 5.75 Å². The number of hydrogen-bond acceptors (Lipinski definition) is 6. The number of carbonyl (C=O) groups is 1. The van der Waals surface area contributed by atoms with Gasteiger partial charge in [0.2, 0.25) is 0 Å². The molecule has 0 N–H and O–H groups in total. The molecule has 3 rings (SSSR count). The molecule has 1 aromatic heterocycles. The Morgan fingerprint density at radius 3 is 2.68 bits per heavy atom. The quantitative estimate of drug-likeness (QED) is 0.175. The van der Waals surface area contributed by atoms with Crippen LogP contribution < -0.4 is 0 Å². The molecule has 0 aliphatic heterocycles. The highest BCUT2D eigenvalue weighted by molar-refractivity contribution is 7.99. The zero-order chi connectivity index (χ0) is 20.1. The van der Waals surface area contributed by atoms with Crippen molar-refractivity contribution in [3.05, 3.63) is 81.9 Å². The standard InChI is InChI=1S/C19H15ClN4O3S/c1-2-10-23-18(13-6-8-15(20)9-7-13)21-22-19(23)28-12-17(25)14-4-3-5-16(11-14)24(26)27/h2-9,11H,1,10,12H2. The molecule has 0 bridgehead atoms. The fourth-order valence-electron chi connectivity index (χ4n) is 2.51. The normalized spacial score (nSPS) is 10.6. The molecule has 2 aromatic carbocycles. The van der Waals surface area contributed by atoms with Crippen LogP contribution in [0.3, 0.4) is 0 Å². The lowest BCUT2D eigenvalue weighted by atomic mass is 10.1. The molecule has 0 amide bonds. The van der Waals surface area contributed by atoms with E-state index in [1.165, 1.54) is 30.0 Å². The molecule has 7 nitrogen and oxygen atoms in total. The molecule has 0 spiro atoms. The number of aromatic nitrogens is 3. The number of nitrogens with zero attached hydrogens (tertiary/aromatic N) is 4. The van der Waals surface area contributed by atoms with Crippen molar-refractivity contribution in [1.29, 1.82) is 0 Å². The van der Waals surface area contributed by atoms with E-state index in [1.807, 2.05) is 16.7 Å². The maximum atomic E-state index is 12.4. The number of non-ortho nitro benzene ring substituents is 1. The number of hydrogen-bond donors (Lipinski definition) is 0. The number of ketones is 1. The van der Waals surface area contributed by atoms with Crippen LogP contribution in [-0.2, 0) is 6.54 Å². The number of halogens is 1. The highest BCUT2D eigenvalue weighted by Gasteiger charge is 2.17. The molecule has 0 saturated heterocycles. The first-order chi connectivity index (χ1) is 13.5. The van der Waals surface area contributed by atoms with E-state index in [9.17, 15) is 14.9 Å². The number of nitro benzene ring substituents is 1. The summed E-state index contributed by atoms with van der Waals surface area (Å²) in [7, 11) is 0. The number of carbonyl (C=O) groups excluding carboxylic acids is 1. The van der Waals surface area contributed by atoms with Gasteiger partial charge in [-0.05, 0) is 24.3 Å². The molecule has 0 unspecified atom stereocenters. The third-order valence-corrected chi connectivity index (χ3v) is 5.06. The van der Waals surface area contributed by atoms with Crippen molar-refractivity contribution in [2.45, 2.75) is 11.7 Å². The third kappa shape index (κ3) is 4.47. The van der Waals surface area contributed by atoms with Gasteiger partial charge in [-0.15, -0.1) is 16.8 Å². The van der Waals surface area contributed by atoms with Gasteiger partial charge < -0.3 is 0 Å². The van der Waals surface area contributed by atoms with Gasteiger partial charge in [-0.3, -0.25) is 19.5 Å². The highest BCUT2D eigenvalue weighted by Crippen LogP contribution is 2.26. The van der Waals surface area contributed by atoms with E-state index >= 15 is 0 Å². The van der Waals surface area contributed by atoms with Gasteiger partial charge in [0.05, 0.1) is 10.7 Å². The van der Waals surface area contributed by atoms with E-state index < -0.39 is 4.92 Å². The zero-order valence-electron chi connectivity index (χ0n) is 14.6. The summed E-state index contributed by atoms with van der Waals surface area (Å²) in [5.74, 6) is 0.494. The predicted molar refractivity (Wildman–Crippen MR) is 109 cm³/mol. The maximum Gasteiger partial charge on any atom is 0.270 e. The van der Waals surface area contributed by atoms with Crippen molar-refractivity contribution in [3.63, 3.8) is 0 Å². The first-order valence-corrected chi connectivity index (χ1v) is 9.56. The Morgan fingerprint density at radius 1 is 1.25 bits per heavy atom. The van der Waals surface area contributed by atoms with Gasteiger partial charge in [-0.1, -0.05) is 41.6 Å². The Bertz CT molecular complexity index is 1030. The molecule has 0 radical (unpaired) electrons. The van der Waals surface area contributed by atoms with Crippen LogP contribution in [0.25, 0.3) is 11.4 Å². The molecule has 0 fully saturated rings. The number of thioether (sulfide) groups is 1. The molecular weight excluding hydrogens is 400 g/mol. The first-order valence-electron chi connectivity index (χ1n) is 8.20. The van der Waals surface area contributed by atoms with Gasteiger partial charge in [0.15, 0.2) is 16.8 Å². The molecule has 28 heavy (non-hydrogen) atoms. The monoisotopic (exact) mass is 414 g/mol. The summed E-state index contributed by atoms with van der Waals surface area (Å²) in [6, 6.07) is 12.9. The number of Topliss-reactive ketones (excluding diaryl/α,β-unsaturated/α-hetero) is 1. The number of allylic oxidation sites excluding steroid dienone is 1. The van der Waals surface area contributed by atoms with Gasteiger partial charge in [-0.2, -0.15) is 0 Å². The second-order valence-corrected chi connectivity index (χ2v) is 7.11. The van der Waals surface area contributed by atoms with Crippen LogP contribution >= 0.6 is 23.4 Å². The van der Waals surface area contributed by atoms with Crippen LogP contribution in [0, 0.1) is 10.1 Å². The summed E-state index contributed by atoms with van der Waals surface area (Å²) in [5, 5.41) is 20.5. The van der Waals surface area contributed by atoms with Gasteiger partial charge in [0.1, 0.15) is 0 Å². The topological polar surface area (TPSA) is 90.9 Å². The lowest BCUT2D eigenvalue weighted by Gasteiger charge is -2.07. The fraction of sp³-hybridized carbons (Fsp3) is 0.105. The second-order valence-electron chi connectivity index (χ2n) is 5.73. The van der Waals surface area contributed by atoms with Gasteiger partial charge >= 0.3 is 0 Å². The molecule has 142 valence electrons. The Labute approximate surface area is 170 Å². The molecule has 0 atom stereocenters. The van der Waals surface area contributed by atoms with Crippen molar-refractivity contribution < 1.29 is 9.72 Å². The average molecular weight is 415 g/mol. The first kappa shape index (κ1) is 19.8. The fourth-order valence-corrected chi connectivity index (χ4v) is 3.48. The van der Waals surface area contributed by atoms with E-state index in [0.29, 0.717) is 22.5 Å². The molecule has 0 aliphatic carbocycles. The van der Waals surface area contributed by atoms with E-state index in [1.54, 1.807) is 24.3 Å². The Balaban J connectivity index is 1.80. The average Bonchev–Trinajstić information content (AvgIpc) is 3.09. The van der Waals surface area contributed by atoms with E-state index in [-0.39, 0.29) is 22.8 Å². The van der Waals surface area contributed by atoms with Crippen LogP contribution in [0.2, 0.25) is 5.02 Å². The number of nitro groups is 1. The molecule has 3 aromatic rings. The van der Waals surface area contributed by atoms with Crippen molar-refractivity contribution in [1.82, 2.24) is 14.8 Å². The summed E-state index contributed by atoms with van der Waals surface area (Å²) in [5.41, 5.74) is 1.01. The summed E-state index contributed by atoms with van der Waals surface area (Å²) in [4.78, 5) is 22.8. The summed E-state index contributed by atoms with van der Waals surface area (Å²) >= 11 is 7.15. The van der Waals surface area contributed by atoms with E-state index in [0.717, 1.165) is 5.56 Å². The minimum Gasteiger partial charge on any atom is -0.298 e. The summed E-state index contributed by atoms with van der Waals surface area (Å²) < 4.78 is 1.85. The smallest absolute Gasteiger partial charge is 0.270 e. The SMILES string of the molecule is C=CCn1c(SCC(=O)c2cccc([N+](=O)[O-])c2)nnc1-c1ccc(Cl)cc1. The Morgan fingerprint density at radius 2 is 2.00 bits per heavy atom. The highest BCUT2D eigenvalue weighted by atomic mass is 35.5. The van der Waals surface area contributed by atoms with Crippen molar-refractivity contribution in [2.24, 2.45) is 0 Å². The van der Waals surface area contributed by atoms with Gasteiger partial charge in [-0.25, -0.2) is 0 Å². The molecule has 1 heterocycles. The Hall–Kier alpha value is -2.97. The van der Waals surface area contributed by atoms with E-state index in [4.69, 9.17) is 11.6 Å². The summed E-state index contributed by atoms with van der Waals surface area (Å²) in [6.45, 7) is 4.23. The van der Waals surface area contributed by atoms with Gasteiger partial charge in [0.25, 0.3) is 5.69 Å². The lowest BCUT2D eigenvalue weighted by molar-refractivity contribution is -0.384. The van der Waals surface area contributed by atoms with Crippen molar-refractivity contribution in [3.8, 4) is 11.4 Å². The largest absolute Gasteiger partial charge is 0.298 e. The number of rotatable bonds is 8. The Kier molecular flexibility index (Phi) is 6.23. The lowest BCUT2D eigenvalue weighted by Crippen LogP contribution is -2.06. The van der Waals surface area contributed by atoms with Crippen LogP contribution in [0.1, 0.15) is 10.4 Å². The zero-order valence-corrected chi connectivity index (χ0v) is 16.2. The number of benzene rings is 2. The van der Waals surface area contributed by atoms with E-state index in [2.05, 4.69) is 16.8 Å². The predicted octanol–water partition coefficient (Wildman–Crippen LogP) is 4.67. The molecular formula is C19H15ClN4O3S. The minimum absolute atomic E-state index is 0.0804.